The molecule has 1 atom stereocenters. The molecule has 0 aromatic heterocycles. The summed E-state index contributed by atoms with van der Waals surface area (Å²) in [5.41, 5.74) is 2.88. The quantitative estimate of drug-likeness (QED) is 0.187. The van der Waals surface area contributed by atoms with Gasteiger partial charge in [0, 0.05) is 19.5 Å². The highest BCUT2D eigenvalue weighted by Gasteiger charge is 2.35. The van der Waals surface area contributed by atoms with Crippen LogP contribution >= 0.6 is 0 Å². The van der Waals surface area contributed by atoms with E-state index in [9.17, 15) is 18.0 Å². The molecule has 46 heavy (non-hydrogen) atoms. The van der Waals surface area contributed by atoms with Gasteiger partial charge in [-0.2, -0.15) is 0 Å². The summed E-state index contributed by atoms with van der Waals surface area (Å²) in [5, 5.41) is 2.96. The van der Waals surface area contributed by atoms with Gasteiger partial charge < -0.3 is 19.7 Å². The second-order valence-electron chi connectivity index (χ2n) is 10.9. The second-order valence-corrected chi connectivity index (χ2v) is 12.7. The van der Waals surface area contributed by atoms with Crippen LogP contribution in [0.1, 0.15) is 30.0 Å². The van der Waals surface area contributed by atoms with Gasteiger partial charge in [0.25, 0.3) is 10.0 Å². The number of hydrogen-bond donors (Lipinski definition) is 1. The van der Waals surface area contributed by atoms with Crippen molar-refractivity contribution in [2.75, 3.05) is 31.6 Å². The minimum atomic E-state index is -4.29. The van der Waals surface area contributed by atoms with Crippen molar-refractivity contribution < 1.29 is 27.5 Å². The Labute approximate surface area is 271 Å². The third kappa shape index (κ3) is 8.45. The fraction of sp³-hybridized carbons (Fsp3) is 0.278. The van der Waals surface area contributed by atoms with Crippen LogP contribution in [-0.2, 0) is 32.6 Å². The normalized spacial score (nSPS) is 11.7. The van der Waals surface area contributed by atoms with E-state index in [1.165, 1.54) is 31.3 Å². The van der Waals surface area contributed by atoms with Gasteiger partial charge in [-0.25, -0.2) is 8.42 Å². The van der Waals surface area contributed by atoms with Gasteiger partial charge in [0.1, 0.15) is 24.1 Å². The number of ether oxygens (including phenoxy) is 2. The van der Waals surface area contributed by atoms with Crippen LogP contribution in [-0.4, -0.2) is 58.5 Å². The maximum absolute atomic E-state index is 14.6. The average molecular weight is 644 g/mol. The van der Waals surface area contributed by atoms with Crippen molar-refractivity contribution in [1.82, 2.24) is 10.2 Å². The minimum Gasteiger partial charge on any atom is -0.497 e. The van der Waals surface area contributed by atoms with Crippen molar-refractivity contribution in [1.29, 1.82) is 0 Å². The Kier molecular flexibility index (Phi) is 11.8. The Morgan fingerprint density at radius 3 is 2.15 bits per heavy atom. The number of hydrogen-bond acceptors (Lipinski definition) is 6. The largest absolute Gasteiger partial charge is 0.497 e. The third-order valence-corrected chi connectivity index (χ3v) is 9.31. The molecule has 4 aromatic rings. The first-order valence-electron chi connectivity index (χ1n) is 15.1. The topological polar surface area (TPSA) is 105 Å². The standard InChI is InChI=1S/C36H41N3O6S/c1-5-22-37-36(41)33(24-28-13-7-6-8-14-28)38(25-29-15-11-12-27(2)23-29)35(40)26-39(32-16-9-10-17-34(32)45-4)46(42,43)31-20-18-30(44-3)19-21-31/h6-21,23,33H,5,22,24-26H2,1-4H3,(H,37,41)/t33-/m0/s1. The molecule has 4 rings (SSSR count). The summed E-state index contributed by atoms with van der Waals surface area (Å²) in [6.45, 7) is 3.87. The lowest BCUT2D eigenvalue weighted by Gasteiger charge is -2.34. The van der Waals surface area contributed by atoms with Gasteiger partial charge in [-0.05, 0) is 60.9 Å². The molecule has 0 aliphatic carbocycles. The lowest BCUT2D eigenvalue weighted by molar-refractivity contribution is -0.140. The summed E-state index contributed by atoms with van der Waals surface area (Å²) >= 11 is 0. The molecule has 2 amide bonds. The fourth-order valence-electron chi connectivity index (χ4n) is 5.15. The third-order valence-electron chi connectivity index (χ3n) is 7.54. The molecule has 10 heteroatoms. The molecule has 0 bridgehead atoms. The number of para-hydroxylation sites is 2. The van der Waals surface area contributed by atoms with Crippen molar-refractivity contribution in [2.45, 2.75) is 44.2 Å². The second kappa shape index (κ2) is 15.9. The molecule has 4 aromatic carbocycles. The summed E-state index contributed by atoms with van der Waals surface area (Å²) in [4.78, 5) is 29.8. The highest BCUT2D eigenvalue weighted by molar-refractivity contribution is 7.92. The number of anilines is 1. The minimum absolute atomic E-state index is 0.0289. The number of nitrogens with zero attached hydrogens (tertiary/aromatic N) is 2. The Morgan fingerprint density at radius 1 is 0.826 bits per heavy atom. The van der Waals surface area contributed by atoms with E-state index in [1.807, 2.05) is 68.4 Å². The number of carbonyl (C=O) groups is 2. The van der Waals surface area contributed by atoms with E-state index in [1.54, 1.807) is 36.4 Å². The number of nitrogens with one attached hydrogen (secondary N) is 1. The van der Waals surface area contributed by atoms with Crippen LogP contribution in [0.4, 0.5) is 5.69 Å². The lowest BCUT2D eigenvalue weighted by atomic mass is 10.0. The van der Waals surface area contributed by atoms with Crippen LogP contribution in [0.15, 0.2) is 108 Å². The van der Waals surface area contributed by atoms with Gasteiger partial charge in [-0.3, -0.25) is 13.9 Å². The van der Waals surface area contributed by atoms with E-state index in [-0.39, 0.29) is 35.2 Å². The van der Waals surface area contributed by atoms with Crippen LogP contribution in [0.25, 0.3) is 0 Å². The van der Waals surface area contributed by atoms with Gasteiger partial charge in [0.2, 0.25) is 11.8 Å². The SMILES string of the molecule is CCCNC(=O)[C@H](Cc1ccccc1)N(Cc1cccc(C)c1)C(=O)CN(c1ccccc1OC)S(=O)(=O)c1ccc(OC)cc1. The molecular formula is C36H41N3O6S. The van der Waals surface area contributed by atoms with Crippen LogP contribution in [0.5, 0.6) is 11.5 Å². The number of amides is 2. The summed E-state index contributed by atoms with van der Waals surface area (Å²) in [6.07, 6.45) is 0.963. The molecule has 9 nitrogen and oxygen atoms in total. The fourth-order valence-corrected chi connectivity index (χ4v) is 6.58. The summed E-state index contributed by atoms with van der Waals surface area (Å²) < 4.78 is 40.4. The molecule has 0 fully saturated rings. The van der Waals surface area contributed by atoms with Gasteiger partial charge in [0.15, 0.2) is 0 Å². The van der Waals surface area contributed by atoms with Gasteiger partial charge in [0.05, 0.1) is 24.8 Å². The van der Waals surface area contributed by atoms with Crippen molar-refractivity contribution >= 4 is 27.5 Å². The van der Waals surface area contributed by atoms with Crippen LogP contribution in [0.2, 0.25) is 0 Å². The Balaban J connectivity index is 1.82. The smallest absolute Gasteiger partial charge is 0.264 e. The van der Waals surface area contributed by atoms with Crippen molar-refractivity contribution in [3.8, 4) is 11.5 Å². The molecule has 1 N–H and O–H groups in total. The number of carbonyl (C=O) groups excluding carboxylic acids is 2. The van der Waals surface area contributed by atoms with Crippen molar-refractivity contribution in [2.24, 2.45) is 0 Å². The maximum Gasteiger partial charge on any atom is 0.264 e. The van der Waals surface area contributed by atoms with E-state index in [4.69, 9.17) is 9.47 Å². The van der Waals surface area contributed by atoms with E-state index in [2.05, 4.69) is 5.32 Å². The number of benzene rings is 4. The lowest BCUT2D eigenvalue weighted by Crippen LogP contribution is -2.53. The Morgan fingerprint density at radius 2 is 1.50 bits per heavy atom. The zero-order valence-corrected chi connectivity index (χ0v) is 27.5. The van der Waals surface area contributed by atoms with Crippen LogP contribution in [0.3, 0.4) is 0 Å². The van der Waals surface area contributed by atoms with Crippen LogP contribution in [0, 0.1) is 6.92 Å². The average Bonchev–Trinajstić information content (AvgIpc) is 3.08. The predicted molar refractivity (Wildman–Crippen MR) is 179 cm³/mol. The monoisotopic (exact) mass is 643 g/mol. The summed E-state index contributed by atoms with van der Waals surface area (Å²) in [7, 11) is -1.35. The molecular weight excluding hydrogens is 602 g/mol. The number of methoxy groups -OCH3 is 2. The molecule has 0 saturated heterocycles. The number of aryl methyl sites for hydroxylation is 1. The Hall–Kier alpha value is -4.83. The first kappa shape index (κ1) is 34.1. The molecule has 0 unspecified atom stereocenters. The highest BCUT2D eigenvalue weighted by atomic mass is 32.2. The van der Waals surface area contributed by atoms with Crippen molar-refractivity contribution in [3.05, 3.63) is 120 Å². The molecule has 0 spiro atoms. The van der Waals surface area contributed by atoms with E-state index < -0.39 is 28.5 Å². The number of sulfonamides is 1. The van der Waals surface area contributed by atoms with E-state index >= 15 is 0 Å². The molecule has 0 heterocycles. The van der Waals surface area contributed by atoms with E-state index in [0.29, 0.717) is 12.3 Å². The zero-order chi connectivity index (χ0) is 33.1. The van der Waals surface area contributed by atoms with Crippen molar-refractivity contribution in [3.63, 3.8) is 0 Å². The number of rotatable bonds is 15. The summed E-state index contributed by atoms with van der Waals surface area (Å²) in [6, 6.07) is 28.8. The molecule has 0 radical (unpaired) electrons. The molecule has 0 saturated carbocycles. The van der Waals surface area contributed by atoms with Gasteiger partial charge in [-0.1, -0.05) is 79.2 Å². The van der Waals surface area contributed by atoms with Gasteiger partial charge in [-0.15, -0.1) is 0 Å². The molecule has 0 aliphatic rings. The highest BCUT2D eigenvalue weighted by Crippen LogP contribution is 2.33. The Bertz CT molecular complexity index is 1710. The molecule has 0 aliphatic heterocycles. The molecule has 242 valence electrons. The maximum atomic E-state index is 14.6. The van der Waals surface area contributed by atoms with Gasteiger partial charge >= 0.3 is 0 Å². The predicted octanol–water partition coefficient (Wildman–Crippen LogP) is 5.37. The first-order chi connectivity index (χ1) is 22.2. The van der Waals surface area contributed by atoms with E-state index in [0.717, 1.165) is 27.4 Å². The zero-order valence-electron chi connectivity index (χ0n) is 26.7. The van der Waals surface area contributed by atoms with Crippen LogP contribution < -0.4 is 19.1 Å². The summed E-state index contributed by atoms with van der Waals surface area (Å²) in [5.74, 6) is -0.0881. The first-order valence-corrected chi connectivity index (χ1v) is 16.6.